The van der Waals surface area contributed by atoms with Crippen LogP contribution in [0.15, 0.2) is 24.3 Å². The van der Waals surface area contributed by atoms with Crippen LogP contribution in [0, 0.1) is 11.8 Å². The second kappa shape index (κ2) is 9.48. The maximum absolute atomic E-state index is 12.6. The standard InChI is InChI=1S/C23H30ClN3O3/c24-19-10-4-3-9-18(19)20(26-12-5-6-13-26)15-25-21(28)11-14-27-22(29)16-7-1-2-8-17(16)23(27)30/h3-4,9-10,16-17,20H,1-2,5-8,11-15H2,(H,25,28). The summed E-state index contributed by atoms with van der Waals surface area (Å²) in [5.74, 6) is -0.614. The van der Waals surface area contributed by atoms with E-state index in [1.807, 2.05) is 24.3 Å². The molecule has 162 valence electrons. The van der Waals surface area contributed by atoms with Crippen LogP contribution in [-0.4, -0.2) is 53.7 Å². The Morgan fingerprint density at radius 3 is 2.30 bits per heavy atom. The summed E-state index contributed by atoms with van der Waals surface area (Å²) in [5.41, 5.74) is 1.02. The van der Waals surface area contributed by atoms with Crippen LogP contribution in [0.1, 0.15) is 56.6 Å². The minimum absolute atomic E-state index is 0.0306. The predicted molar refractivity (Wildman–Crippen MR) is 115 cm³/mol. The second-order valence-electron chi connectivity index (χ2n) is 8.66. The average molecular weight is 432 g/mol. The zero-order valence-electron chi connectivity index (χ0n) is 17.3. The highest BCUT2D eigenvalue weighted by atomic mass is 35.5. The molecule has 0 spiro atoms. The van der Waals surface area contributed by atoms with Crippen LogP contribution in [0.5, 0.6) is 0 Å². The highest BCUT2D eigenvalue weighted by Gasteiger charge is 2.47. The molecule has 2 aliphatic heterocycles. The highest BCUT2D eigenvalue weighted by Crippen LogP contribution is 2.38. The normalized spacial score (nSPS) is 25.4. The lowest BCUT2D eigenvalue weighted by atomic mass is 9.81. The van der Waals surface area contributed by atoms with Crippen molar-refractivity contribution in [1.29, 1.82) is 0 Å². The van der Waals surface area contributed by atoms with E-state index in [1.165, 1.54) is 4.90 Å². The maximum atomic E-state index is 12.6. The van der Waals surface area contributed by atoms with Crippen LogP contribution in [0.3, 0.4) is 0 Å². The molecule has 3 atom stereocenters. The van der Waals surface area contributed by atoms with Gasteiger partial charge < -0.3 is 5.32 Å². The van der Waals surface area contributed by atoms with Crippen LogP contribution in [0.4, 0.5) is 0 Å². The first-order valence-electron chi connectivity index (χ1n) is 11.2. The predicted octanol–water partition coefficient (Wildman–Crippen LogP) is 3.16. The Morgan fingerprint density at radius 1 is 1.03 bits per heavy atom. The Labute approximate surface area is 182 Å². The van der Waals surface area contributed by atoms with Crippen LogP contribution >= 0.6 is 11.6 Å². The molecule has 0 bridgehead atoms. The Kier molecular flexibility index (Phi) is 6.74. The molecule has 3 amide bonds. The van der Waals surface area contributed by atoms with Gasteiger partial charge >= 0.3 is 0 Å². The van der Waals surface area contributed by atoms with Gasteiger partial charge in [0.25, 0.3) is 0 Å². The van der Waals surface area contributed by atoms with E-state index in [2.05, 4.69) is 10.2 Å². The number of benzene rings is 1. The van der Waals surface area contributed by atoms with Crippen molar-refractivity contribution < 1.29 is 14.4 Å². The molecule has 30 heavy (non-hydrogen) atoms. The number of nitrogens with one attached hydrogen (secondary N) is 1. The van der Waals surface area contributed by atoms with Gasteiger partial charge in [-0.2, -0.15) is 0 Å². The van der Waals surface area contributed by atoms with Crippen molar-refractivity contribution in [2.24, 2.45) is 11.8 Å². The van der Waals surface area contributed by atoms with Crippen LogP contribution in [0.2, 0.25) is 5.02 Å². The van der Waals surface area contributed by atoms with E-state index in [9.17, 15) is 14.4 Å². The first-order valence-corrected chi connectivity index (χ1v) is 11.5. The van der Waals surface area contributed by atoms with Crippen molar-refractivity contribution in [3.05, 3.63) is 34.9 Å². The molecule has 4 rings (SSSR count). The van der Waals surface area contributed by atoms with E-state index < -0.39 is 0 Å². The largest absolute Gasteiger partial charge is 0.354 e. The van der Waals surface area contributed by atoms with Gasteiger partial charge in [-0.3, -0.25) is 24.2 Å². The first-order chi connectivity index (χ1) is 14.6. The van der Waals surface area contributed by atoms with Gasteiger partial charge in [-0.25, -0.2) is 0 Å². The number of carbonyl (C=O) groups is 3. The zero-order valence-corrected chi connectivity index (χ0v) is 18.1. The Hall–Kier alpha value is -1.92. The van der Waals surface area contributed by atoms with E-state index in [4.69, 9.17) is 11.6 Å². The molecule has 2 heterocycles. The summed E-state index contributed by atoms with van der Waals surface area (Å²) in [5, 5.41) is 3.72. The summed E-state index contributed by atoms with van der Waals surface area (Å²) in [6.45, 7) is 2.63. The number of amides is 3. The smallest absolute Gasteiger partial charge is 0.233 e. The summed E-state index contributed by atoms with van der Waals surface area (Å²) < 4.78 is 0. The molecule has 3 fully saturated rings. The quantitative estimate of drug-likeness (QED) is 0.673. The molecule has 1 aromatic carbocycles. The number of hydrogen-bond donors (Lipinski definition) is 1. The minimum Gasteiger partial charge on any atom is -0.354 e. The third-order valence-electron chi connectivity index (χ3n) is 6.83. The van der Waals surface area contributed by atoms with Crippen molar-refractivity contribution in [3.63, 3.8) is 0 Å². The number of fused-ring (bicyclic) bond motifs is 1. The Bertz CT molecular complexity index is 785. The SMILES string of the molecule is O=C(CCN1C(=O)C2CCCCC2C1=O)NCC(c1ccccc1Cl)N1CCCC1. The molecular formula is C23H30ClN3O3. The number of carbonyl (C=O) groups excluding carboxylic acids is 3. The van der Waals surface area contributed by atoms with Gasteiger partial charge in [0.1, 0.15) is 0 Å². The topological polar surface area (TPSA) is 69.7 Å². The highest BCUT2D eigenvalue weighted by molar-refractivity contribution is 6.31. The summed E-state index contributed by atoms with van der Waals surface area (Å²) in [6, 6.07) is 7.80. The lowest BCUT2D eigenvalue weighted by Gasteiger charge is -2.29. The van der Waals surface area contributed by atoms with E-state index in [-0.39, 0.29) is 48.6 Å². The molecule has 1 saturated carbocycles. The fourth-order valence-corrected chi connectivity index (χ4v) is 5.46. The van der Waals surface area contributed by atoms with Gasteiger partial charge in [0.15, 0.2) is 0 Å². The summed E-state index contributed by atoms with van der Waals surface area (Å²) >= 11 is 6.43. The van der Waals surface area contributed by atoms with Crippen molar-refractivity contribution >= 4 is 29.3 Å². The molecule has 1 aromatic rings. The minimum atomic E-state index is -0.158. The van der Waals surface area contributed by atoms with Crippen molar-refractivity contribution in [3.8, 4) is 0 Å². The molecule has 7 heteroatoms. The van der Waals surface area contributed by atoms with Crippen LogP contribution in [-0.2, 0) is 14.4 Å². The Balaban J connectivity index is 1.33. The van der Waals surface area contributed by atoms with E-state index in [1.54, 1.807) is 0 Å². The Morgan fingerprint density at radius 2 is 1.67 bits per heavy atom. The first kappa shape index (κ1) is 21.3. The fraction of sp³-hybridized carbons (Fsp3) is 0.609. The third kappa shape index (κ3) is 4.40. The zero-order chi connectivity index (χ0) is 21.1. The van der Waals surface area contributed by atoms with Crippen LogP contribution < -0.4 is 5.32 Å². The number of rotatable bonds is 7. The number of likely N-dealkylation sites (tertiary alicyclic amines) is 2. The fourth-order valence-electron chi connectivity index (χ4n) is 5.20. The molecule has 3 aliphatic rings. The molecule has 2 saturated heterocycles. The molecule has 3 unspecified atom stereocenters. The molecule has 1 N–H and O–H groups in total. The number of hydrogen-bond acceptors (Lipinski definition) is 4. The lowest BCUT2D eigenvalue weighted by Crippen LogP contribution is -2.39. The van der Waals surface area contributed by atoms with Gasteiger partial charge in [0.05, 0.1) is 17.9 Å². The lowest BCUT2D eigenvalue weighted by molar-refractivity contribution is -0.140. The second-order valence-corrected chi connectivity index (χ2v) is 9.07. The molecular weight excluding hydrogens is 402 g/mol. The molecule has 0 aromatic heterocycles. The average Bonchev–Trinajstić information content (AvgIpc) is 3.36. The number of halogens is 1. The molecule has 6 nitrogen and oxygen atoms in total. The molecule has 0 radical (unpaired) electrons. The van der Waals surface area contributed by atoms with Crippen LogP contribution in [0.25, 0.3) is 0 Å². The summed E-state index contributed by atoms with van der Waals surface area (Å²) in [4.78, 5) is 41.4. The van der Waals surface area contributed by atoms with Gasteiger partial charge in [-0.05, 0) is 50.4 Å². The molecule has 1 aliphatic carbocycles. The summed E-state index contributed by atoms with van der Waals surface area (Å²) in [6.07, 6.45) is 6.06. The monoisotopic (exact) mass is 431 g/mol. The summed E-state index contributed by atoms with van der Waals surface area (Å²) in [7, 11) is 0. The van der Waals surface area contributed by atoms with Gasteiger partial charge in [0, 0.05) is 24.5 Å². The number of nitrogens with zero attached hydrogens (tertiary/aromatic N) is 2. The van der Waals surface area contributed by atoms with Crippen molar-refractivity contribution in [2.45, 2.75) is 51.0 Å². The van der Waals surface area contributed by atoms with Crippen molar-refractivity contribution in [1.82, 2.24) is 15.1 Å². The van der Waals surface area contributed by atoms with E-state index in [0.717, 1.165) is 57.2 Å². The maximum Gasteiger partial charge on any atom is 0.233 e. The number of imide groups is 1. The van der Waals surface area contributed by atoms with E-state index in [0.29, 0.717) is 11.6 Å². The van der Waals surface area contributed by atoms with E-state index >= 15 is 0 Å². The van der Waals surface area contributed by atoms with Gasteiger partial charge in [-0.15, -0.1) is 0 Å². The van der Waals surface area contributed by atoms with Gasteiger partial charge in [-0.1, -0.05) is 42.6 Å². The van der Waals surface area contributed by atoms with Gasteiger partial charge in [0.2, 0.25) is 17.7 Å². The third-order valence-corrected chi connectivity index (χ3v) is 7.18. The van der Waals surface area contributed by atoms with Crippen molar-refractivity contribution in [2.75, 3.05) is 26.2 Å².